The van der Waals surface area contributed by atoms with E-state index < -0.39 is 0 Å². The van der Waals surface area contributed by atoms with Crippen LogP contribution in [0.15, 0.2) is 42.6 Å². The van der Waals surface area contributed by atoms with Gasteiger partial charge in [0.05, 0.1) is 11.9 Å². The van der Waals surface area contributed by atoms with Gasteiger partial charge in [-0.3, -0.25) is 4.79 Å². The largest absolute Gasteiger partial charge is 0.380 e. The minimum absolute atomic E-state index is 0.114. The van der Waals surface area contributed by atoms with Crippen molar-refractivity contribution < 1.29 is 4.79 Å². The third kappa shape index (κ3) is 4.34. The zero-order valence-corrected chi connectivity index (χ0v) is 14.2. The first-order valence-corrected chi connectivity index (χ1v) is 8.77. The van der Waals surface area contributed by atoms with Gasteiger partial charge in [-0.05, 0) is 43.0 Å². The van der Waals surface area contributed by atoms with Gasteiger partial charge in [-0.2, -0.15) is 0 Å². The molecule has 24 heavy (non-hydrogen) atoms. The molecule has 0 unspecified atom stereocenters. The van der Waals surface area contributed by atoms with Crippen molar-refractivity contribution in [3.63, 3.8) is 0 Å². The Kier molecular flexibility index (Phi) is 5.47. The van der Waals surface area contributed by atoms with E-state index in [0.29, 0.717) is 5.82 Å². The molecule has 1 fully saturated rings. The van der Waals surface area contributed by atoms with E-state index >= 15 is 0 Å². The highest BCUT2D eigenvalue weighted by atomic mass is 16.1. The van der Waals surface area contributed by atoms with E-state index in [2.05, 4.69) is 34.7 Å². The van der Waals surface area contributed by atoms with Crippen LogP contribution >= 0.6 is 0 Å². The maximum absolute atomic E-state index is 12.2. The fourth-order valence-electron chi connectivity index (χ4n) is 3.17. The van der Waals surface area contributed by atoms with Gasteiger partial charge in [0.2, 0.25) is 5.91 Å². The Morgan fingerprint density at radius 1 is 1.12 bits per heavy atom. The Morgan fingerprint density at radius 3 is 2.62 bits per heavy atom. The first-order chi connectivity index (χ1) is 11.7. The van der Waals surface area contributed by atoms with Crippen LogP contribution in [0.5, 0.6) is 0 Å². The smallest absolute Gasteiger partial charge is 0.228 e. The molecule has 1 aliphatic rings. The zero-order valence-electron chi connectivity index (χ0n) is 14.2. The van der Waals surface area contributed by atoms with Crippen molar-refractivity contribution >= 4 is 17.4 Å². The van der Waals surface area contributed by atoms with Crippen LogP contribution in [-0.4, -0.2) is 10.9 Å². The lowest BCUT2D eigenvalue weighted by molar-refractivity contribution is -0.120. The molecule has 0 radical (unpaired) electrons. The number of nitrogens with one attached hydrogen (secondary N) is 2. The number of nitrogens with zero attached hydrogens (tertiary/aromatic N) is 1. The van der Waals surface area contributed by atoms with Crippen molar-refractivity contribution in [2.45, 2.75) is 45.6 Å². The van der Waals surface area contributed by atoms with E-state index in [0.717, 1.165) is 37.9 Å². The molecular weight excluding hydrogens is 298 g/mol. The SMILES string of the molecule is Cc1ccccc1CNc1ccc(NC(=O)C2CCCCC2)nc1. The number of aryl methyl sites for hydroxylation is 1. The van der Waals surface area contributed by atoms with Gasteiger partial charge in [-0.15, -0.1) is 0 Å². The van der Waals surface area contributed by atoms with Gasteiger partial charge in [-0.25, -0.2) is 4.98 Å². The molecule has 0 atom stereocenters. The first-order valence-electron chi connectivity index (χ1n) is 8.77. The molecule has 0 aliphatic heterocycles. The summed E-state index contributed by atoms with van der Waals surface area (Å²) in [6.45, 7) is 2.88. The minimum atomic E-state index is 0.114. The van der Waals surface area contributed by atoms with E-state index in [1.165, 1.54) is 17.5 Å². The number of hydrogen-bond acceptors (Lipinski definition) is 3. The zero-order chi connectivity index (χ0) is 16.8. The van der Waals surface area contributed by atoms with Crippen molar-refractivity contribution in [3.05, 3.63) is 53.7 Å². The highest BCUT2D eigenvalue weighted by molar-refractivity contribution is 5.91. The van der Waals surface area contributed by atoms with Crippen LogP contribution in [-0.2, 0) is 11.3 Å². The molecular formula is C20H25N3O. The Morgan fingerprint density at radius 2 is 1.92 bits per heavy atom. The molecule has 1 aliphatic carbocycles. The molecule has 2 aromatic rings. The molecule has 1 aromatic carbocycles. The quantitative estimate of drug-likeness (QED) is 0.850. The summed E-state index contributed by atoms with van der Waals surface area (Å²) in [6, 6.07) is 12.1. The van der Waals surface area contributed by atoms with Crippen LogP contribution in [0.1, 0.15) is 43.2 Å². The van der Waals surface area contributed by atoms with Crippen molar-refractivity contribution in [1.82, 2.24) is 4.98 Å². The minimum Gasteiger partial charge on any atom is -0.380 e. The number of benzene rings is 1. The Hall–Kier alpha value is -2.36. The second-order valence-electron chi connectivity index (χ2n) is 6.54. The maximum atomic E-state index is 12.2. The summed E-state index contributed by atoms with van der Waals surface area (Å²) in [5.41, 5.74) is 3.50. The Balaban J connectivity index is 1.53. The van der Waals surface area contributed by atoms with Crippen LogP contribution in [0.3, 0.4) is 0 Å². The molecule has 2 N–H and O–H groups in total. The molecule has 3 rings (SSSR count). The molecule has 0 saturated heterocycles. The molecule has 1 saturated carbocycles. The highest BCUT2D eigenvalue weighted by Gasteiger charge is 2.21. The predicted octanol–water partition coefficient (Wildman–Crippen LogP) is 4.52. The molecule has 1 heterocycles. The molecule has 4 nitrogen and oxygen atoms in total. The summed E-state index contributed by atoms with van der Waals surface area (Å²) in [4.78, 5) is 16.6. The predicted molar refractivity (Wildman–Crippen MR) is 97.9 cm³/mol. The van der Waals surface area contributed by atoms with Crippen molar-refractivity contribution in [3.8, 4) is 0 Å². The van der Waals surface area contributed by atoms with Gasteiger partial charge in [0.15, 0.2) is 0 Å². The maximum Gasteiger partial charge on any atom is 0.228 e. The van der Waals surface area contributed by atoms with Crippen LogP contribution in [0.2, 0.25) is 0 Å². The molecule has 126 valence electrons. The fraction of sp³-hybridized carbons (Fsp3) is 0.400. The highest BCUT2D eigenvalue weighted by Crippen LogP contribution is 2.24. The van der Waals surface area contributed by atoms with Crippen molar-refractivity contribution in [2.24, 2.45) is 5.92 Å². The Labute approximate surface area is 143 Å². The lowest BCUT2D eigenvalue weighted by Gasteiger charge is -2.20. The number of carbonyl (C=O) groups is 1. The van der Waals surface area contributed by atoms with Crippen LogP contribution in [0, 0.1) is 12.8 Å². The second-order valence-corrected chi connectivity index (χ2v) is 6.54. The third-order valence-electron chi connectivity index (χ3n) is 4.73. The molecule has 0 spiro atoms. The van der Waals surface area contributed by atoms with Crippen molar-refractivity contribution in [1.29, 1.82) is 0 Å². The normalized spacial score (nSPS) is 15.0. The van der Waals surface area contributed by atoms with Crippen LogP contribution in [0.4, 0.5) is 11.5 Å². The molecule has 4 heteroatoms. The van der Waals surface area contributed by atoms with Gasteiger partial charge in [-0.1, -0.05) is 43.5 Å². The van der Waals surface area contributed by atoms with Gasteiger partial charge in [0.1, 0.15) is 5.82 Å². The number of pyridine rings is 1. The Bertz CT molecular complexity index is 676. The van der Waals surface area contributed by atoms with Gasteiger partial charge < -0.3 is 10.6 Å². The van der Waals surface area contributed by atoms with Gasteiger partial charge in [0, 0.05) is 12.5 Å². The summed E-state index contributed by atoms with van der Waals surface area (Å²) < 4.78 is 0. The topological polar surface area (TPSA) is 54.0 Å². The summed E-state index contributed by atoms with van der Waals surface area (Å²) in [6.07, 6.45) is 7.35. The average Bonchev–Trinajstić information content (AvgIpc) is 2.63. The van der Waals surface area contributed by atoms with E-state index in [4.69, 9.17) is 0 Å². The number of anilines is 2. The molecule has 1 aromatic heterocycles. The fourth-order valence-corrected chi connectivity index (χ4v) is 3.17. The third-order valence-corrected chi connectivity index (χ3v) is 4.73. The number of hydrogen-bond donors (Lipinski definition) is 2. The lowest BCUT2D eigenvalue weighted by Crippen LogP contribution is -2.25. The van der Waals surface area contributed by atoms with Gasteiger partial charge in [0.25, 0.3) is 0 Å². The second kappa shape index (κ2) is 7.95. The summed E-state index contributed by atoms with van der Waals surface area (Å²) in [5.74, 6) is 0.897. The lowest BCUT2D eigenvalue weighted by atomic mass is 9.89. The molecule has 0 bridgehead atoms. The standard InChI is InChI=1S/C20H25N3O/c1-15-7-5-6-10-17(15)13-21-18-11-12-19(22-14-18)23-20(24)16-8-3-2-4-9-16/h5-7,10-12,14,16,21H,2-4,8-9,13H2,1H3,(H,22,23,24). The van der Waals surface area contributed by atoms with E-state index in [1.807, 2.05) is 24.3 Å². The van der Waals surface area contributed by atoms with Gasteiger partial charge >= 0.3 is 0 Å². The summed E-state index contributed by atoms with van der Waals surface area (Å²) >= 11 is 0. The van der Waals surface area contributed by atoms with E-state index in [-0.39, 0.29) is 11.8 Å². The average molecular weight is 323 g/mol. The first kappa shape index (κ1) is 16.5. The van der Waals surface area contributed by atoms with E-state index in [1.54, 1.807) is 6.20 Å². The monoisotopic (exact) mass is 323 g/mol. The molecule has 1 amide bonds. The van der Waals surface area contributed by atoms with Crippen LogP contribution in [0.25, 0.3) is 0 Å². The van der Waals surface area contributed by atoms with E-state index in [9.17, 15) is 4.79 Å². The number of aromatic nitrogens is 1. The summed E-state index contributed by atoms with van der Waals surface area (Å²) in [5, 5.41) is 6.31. The number of carbonyl (C=O) groups excluding carboxylic acids is 1. The number of rotatable bonds is 5. The summed E-state index contributed by atoms with van der Waals surface area (Å²) in [7, 11) is 0. The van der Waals surface area contributed by atoms with Crippen LogP contribution < -0.4 is 10.6 Å². The van der Waals surface area contributed by atoms with Crippen molar-refractivity contribution in [2.75, 3.05) is 10.6 Å². The number of amides is 1.